The number of rotatable bonds is 7. The second-order valence-electron chi connectivity index (χ2n) is 5.29. The number of carbonyl (C=O) groups excluding carboxylic acids is 1. The van der Waals surface area contributed by atoms with Gasteiger partial charge in [-0.2, -0.15) is 0 Å². The van der Waals surface area contributed by atoms with Crippen LogP contribution < -0.4 is 15.4 Å². The minimum absolute atomic E-state index is 0.0496. The summed E-state index contributed by atoms with van der Waals surface area (Å²) >= 11 is 3.46. The standard InChI is InChI=1S/C18H21BrN2O2/c1-13-6-7-15(11-17(13)19)21-18(22)12-20-9-8-14-4-3-5-16(10-14)23-2/h3-7,10-11,20H,8-9,12H2,1-2H3,(H,21,22). The number of halogens is 1. The molecule has 0 saturated carbocycles. The third kappa shape index (κ3) is 5.69. The number of nitrogens with one attached hydrogen (secondary N) is 2. The Bertz CT molecular complexity index is 674. The fourth-order valence-electron chi connectivity index (χ4n) is 2.14. The molecule has 0 aliphatic rings. The molecule has 0 spiro atoms. The van der Waals surface area contributed by atoms with E-state index in [-0.39, 0.29) is 12.5 Å². The second kappa shape index (κ2) is 8.70. The molecule has 122 valence electrons. The van der Waals surface area contributed by atoms with E-state index in [9.17, 15) is 4.79 Å². The summed E-state index contributed by atoms with van der Waals surface area (Å²) in [7, 11) is 1.66. The van der Waals surface area contributed by atoms with Crippen LogP contribution in [-0.2, 0) is 11.2 Å². The average molecular weight is 377 g/mol. The summed E-state index contributed by atoms with van der Waals surface area (Å²) in [5, 5.41) is 6.03. The van der Waals surface area contributed by atoms with Crippen molar-refractivity contribution in [2.75, 3.05) is 25.5 Å². The zero-order valence-electron chi connectivity index (χ0n) is 13.4. The predicted octanol–water partition coefficient (Wildman–Crippen LogP) is 3.54. The summed E-state index contributed by atoms with van der Waals surface area (Å²) in [5.41, 5.74) is 3.11. The van der Waals surface area contributed by atoms with Crippen LogP contribution in [0.15, 0.2) is 46.9 Å². The molecule has 0 bridgehead atoms. The maximum atomic E-state index is 11.9. The number of benzene rings is 2. The van der Waals surface area contributed by atoms with Gasteiger partial charge in [-0.3, -0.25) is 4.79 Å². The molecule has 0 radical (unpaired) electrons. The van der Waals surface area contributed by atoms with Crippen molar-refractivity contribution in [1.29, 1.82) is 0 Å². The molecule has 0 aliphatic carbocycles. The highest BCUT2D eigenvalue weighted by molar-refractivity contribution is 9.10. The second-order valence-corrected chi connectivity index (χ2v) is 6.14. The highest BCUT2D eigenvalue weighted by Gasteiger charge is 2.04. The summed E-state index contributed by atoms with van der Waals surface area (Å²) in [4.78, 5) is 11.9. The van der Waals surface area contributed by atoms with Crippen molar-refractivity contribution in [3.8, 4) is 5.75 Å². The molecule has 0 aromatic heterocycles. The largest absolute Gasteiger partial charge is 0.497 e. The molecule has 5 heteroatoms. The van der Waals surface area contributed by atoms with Gasteiger partial charge in [-0.25, -0.2) is 0 Å². The first-order valence-electron chi connectivity index (χ1n) is 7.48. The fourth-order valence-corrected chi connectivity index (χ4v) is 2.52. The van der Waals surface area contributed by atoms with Crippen LogP contribution in [0.5, 0.6) is 5.75 Å². The molecule has 0 unspecified atom stereocenters. The van der Waals surface area contributed by atoms with Crippen LogP contribution in [0, 0.1) is 6.92 Å². The topological polar surface area (TPSA) is 50.4 Å². The number of ether oxygens (including phenoxy) is 1. The molecular formula is C18H21BrN2O2. The first-order chi connectivity index (χ1) is 11.1. The van der Waals surface area contributed by atoms with E-state index >= 15 is 0 Å². The number of carbonyl (C=O) groups is 1. The lowest BCUT2D eigenvalue weighted by Gasteiger charge is -2.08. The van der Waals surface area contributed by atoms with Crippen molar-refractivity contribution in [2.45, 2.75) is 13.3 Å². The smallest absolute Gasteiger partial charge is 0.238 e. The SMILES string of the molecule is COc1cccc(CCNCC(=O)Nc2ccc(C)c(Br)c2)c1. The van der Waals surface area contributed by atoms with Crippen molar-refractivity contribution in [3.05, 3.63) is 58.1 Å². The quantitative estimate of drug-likeness (QED) is 0.726. The Kier molecular flexibility index (Phi) is 6.62. The van der Waals surface area contributed by atoms with Gasteiger partial charge in [0.1, 0.15) is 5.75 Å². The molecular weight excluding hydrogens is 356 g/mol. The van der Waals surface area contributed by atoms with E-state index in [4.69, 9.17) is 4.74 Å². The summed E-state index contributed by atoms with van der Waals surface area (Å²) in [5.74, 6) is 0.802. The lowest BCUT2D eigenvalue weighted by Crippen LogP contribution is -2.29. The molecule has 2 aromatic rings. The van der Waals surface area contributed by atoms with Crippen LogP contribution in [0.3, 0.4) is 0 Å². The molecule has 0 aliphatic heterocycles. The van der Waals surface area contributed by atoms with E-state index in [0.29, 0.717) is 0 Å². The van der Waals surface area contributed by atoms with Gasteiger partial charge in [-0.1, -0.05) is 34.1 Å². The molecule has 0 saturated heterocycles. The Hall–Kier alpha value is -1.85. The van der Waals surface area contributed by atoms with E-state index in [1.807, 2.05) is 49.4 Å². The summed E-state index contributed by atoms with van der Waals surface area (Å²) in [6.45, 7) is 3.03. The van der Waals surface area contributed by atoms with Crippen LogP contribution in [0.1, 0.15) is 11.1 Å². The van der Waals surface area contributed by atoms with Crippen molar-refractivity contribution in [2.24, 2.45) is 0 Å². The van der Waals surface area contributed by atoms with Crippen molar-refractivity contribution >= 4 is 27.5 Å². The van der Waals surface area contributed by atoms with Gasteiger partial charge < -0.3 is 15.4 Å². The van der Waals surface area contributed by atoms with Gasteiger partial charge in [0.25, 0.3) is 0 Å². The fraction of sp³-hybridized carbons (Fsp3) is 0.278. The highest BCUT2D eigenvalue weighted by atomic mass is 79.9. The number of hydrogen-bond donors (Lipinski definition) is 2. The van der Waals surface area contributed by atoms with Crippen LogP contribution in [0.25, 0.3) is 0 Å². The first-order valence-corrected chi connectivity index (χ1v) is 8.27. The van der Waals surface area contributed by atoms with Crippen molar-refractivity contribution < 1.29 is 9.53 Å². The Morgan fingerprint density at radius 2 is 2.04 bits per heavy atom. The number of amides is 1. The van der Waals surface area contributed by atoms with Gasteiger partial charge in [-0.15, -0.1) is 0 Å². The van der Waals surface area contributed by atoms with E-state index in [0.717, 1.165) is 34.4 Å². The zero-order chi connectivity index (χ0) is 16.7. The minimum atomic E-state index is -0.0496. The van der Waals surface area contributed by atoms with Crippen molar-refractivity contribution in [3.63, 3.8) is 0 Å². The van der Waals surface area contributed by atoms with Gasteiger partial charge >= 0.3 is 0 Å². The van der Waals surface area contributed by atoms with E-state index in [1.165, 1.54) is 5.56 Å². The number of aryl methyl sites for hydroxylation is 1. The Morgan fingerprint density at radius 3 is 2.78 bits per heavy atom. The summed E-state index contributed by atoms with van der Waals surface area (Å²) in [6, 6.07) is 13.7. The normalized spacial score (nSPS) is 10.4. The first kappa shape index (κ1) is 17.5. The van der Waals surface area contributed by atoms with Gasteiger partial charge in [0.15, 0.2) is 0 Å². The van der Waals surface area contributed by atoms with Crippen LogP contribution in [0.4, 0.5) is 5.69 Å². The number of methoxy groups -OCH3 is 1. The predicted molar refractivity (Wildman–Crippen MR) is 97.1 cm³/mol. The highest BCUT2D eigenvalue weighted by Crippen LogP contribution is 2.20. The molecule has 0 heterocycles. The molecule has 2 rings (SSSR count). The van der Waals surface area contributed by atoms with Crippen molar-refractivity contribution in [1.82, 2.24) is 5.32 Å². The van der Waals surface area contributed by atoms with Gasteiger partial charge in [0, 0.05) is 10.2 Å². The van der Waals surface area contributed by atoms with E-state index < -0.39 is 0 Å². The molecule has 0 fully saturated rings. The monoisotopic (exact) mass is 376 g/mol. The van der Waals surface area contributed by atoms with Gasteiger partial charge in [-0.05, 0) is 55.3 Å². The van der Waals surface area contributed by atoms with E-state index in [1.54, 1.807) is 7.11 Å². The third-order valence-corrected chi connectivity index (χ3v) is 4.32. The van der Waals surface area contributed by atoms with Crippen LogP contribution >= 0.6 is 15.9 Å². The minimum Gasteiger partial charge on any atom is -0.497 e. The number of anilines is 1. The third-order valence-electron chi connectivity index (χ3n) is 3.47. The van der Waals surface area contributed by atoms with Crippen LogP contribution in [0.2, 0.25) is 0 Å². The summed E-state index contributed by atoms with van der Waals surface area (Å²) < 4.78 is 6.18. The zero-order valence-corrected chi connectivity index (χ0v) is 14.9. The Balaban J connectivity index is 1.73. The van der Waals surface area contributed by atoms with E-state index in [2.05, 4.69) is 26.6 Å². The van der Waals surface area contributed by atoms with Crippen LogP contribution in [-0.4, -0.2) is 26.1 Å². The molecule has 2 aromatic carbocycles. The number of hydrogen-bond acceptors (Lipinski definition) is 3. The van der Waals surface area contributed by atoms with Gasteiger partial charge in [0.2, 0.25) is 5.91 Å². The molecule has 23 heavy (non-hydrogen) atoms. The molecule has 4 nitrogen and oxygen atoms in total. The Labute approximate surface area is 145 Å². The molecule has 2 N–H and O–H groups in total. The lowest BCUT2D eigenvalue weighted by molar-refractivity contribution is -0.115. The maximum absolute atomic E-state index is 11.9. The molecule has 0 atom stereocenters. The van der Waals surface area contributed by atoms with Gasteiger partial charge in [0.05, 0.1) is 13.7 Å². The Morgan fingerprint density at radius 1 is 1.22 bits per heavy atom. The summed E-state index contributed by atoms with van der Waals surface area (Å²) in [6.07, 6.45) is 0.848. The molecule has 1 amide bonds. The maximum Gasteiger partial charge on any atom is 0.238 e. The lowest BCUT2D eigenvalue weighted by atomic mass is 10.1. The average Bonchev–Trinajstić information content (AvgIpc) is 2.55.